The van der Waals surface area contributed by atoms with Crippen molar-refractivity contribution < 1.29 is 18.0 Å². The maximum absolute atomic E-state index is 12.7. The van der Waals surface area contributed by atoms with E-state index in [1.54, 1.807) is 11.5 Å². The Labute approximate surface area is 173 Å². The second kappa shape index (κ2) is 8.42. The molecule has 1 N–H and O–H groups in total. The van der Waals surface area contributed by atoms with Crippen LogP contribution in [0.1, 0.15) is 17.0 Å². The maximum Gasteiger partial charge on any atom is 0.417 e. The number of rotatable bonds is 5. The molecule has 3 aromatic rings. The molecule has 29 heavy (non-hydrogen) atoms. The van der Waals surface area contributed by atoms with E-state index in [0.717, 1.165) is 23.0 Å². The predicted molar refractivity (Wildman–Crippen MR) is 104 cm³/mol. The highest BCUT2D eigenvalue weighted by molar-refractivity contribution is 7.99. The van der Waals surface area contributed by atoms with Crippen LogP contribution < -0.4 is 5.32 Å². The van der Waals surface area contributed by atoms with Crippen LogP contribution in [0, 0.1) is 13.8 Å². The van der Waals surface area contributed by atoms with Crippen molar-refractivity contribution >= 4 is 35.1 Å². The van der Waals surface area contributed by atoms with Crippen molar-refractivity contribution in [1.82, 2.24) is 19.7 Å². The molecule has 0 saturated heterocycles. The Morgan fingerprint density at radius 1 is 1.21 bits per heavy atom. The van der Waals surface area contributed by atoms with E-state index >= 15 is 0 Å². The number of thioether (sulfide) groups is 1. The molecule has 1 amide bonds. The van der Waals surface area contributed by atoms with Crippen molar-refractivity contribution in [2.45, 2.75) is 25.2 Å². The van der Waals surface area contributed by atoms with Crippen LogP contribution in [0.25, 0.3) is 5.69 Å². The van der Waals surface area contributed by atoms with E-state index in [-0.39, 0.29) is 16.6 Å². The van der Waals surface area contributed by atoms with Crippen LogP contribution in [-0.2, 0) is 11.0 Å². The van der Waals surface area contributed by atoms with Crippen molar-refractivity contribution in [3.05, 3.63) is 58.5 Å². The number of carbonyl (C=O) groups is 1. The third kappa shape index (κ3) is 5.07. The van der Waals surface area contributed by atoms with Gasteiger partial charge in [-0.3, -0.25) is 9.36 Å². The molecule has 0 spiro atoms. The second-order valence-corrected chi connectivity index (χ2v) is 7.44. The molecule has 0 radical (unpaired) electrons. The number of pyridine rings is 1. The minimum Gasteiger partial charge on any atom is -0.309 e. The van der Waals surface area contributed by atoms with E-state index in [1.807, 2.05) is 31.2 Å². The Morgan fingerprint density at radius 2 is 1.90 bits per heavy atom. The number of benzene rings is 1. The molecule has 2 aromatic heterocycles. The molecule has 6 nitrogen and oxygen atoms in total. The highest BCUT2D eigenvalue weighted by Gasteiger charge is 2.31. The minimum absolute atomic E-state index is 0.0526. The normalized spacial score (nSPS) is 11.5. The van der Waals surface area contributed by atoms with Crippen molar-refractivity contribution in [3.8, 4) is 5.69 Å². The SMILES string of the molecule is Cc1ccc(-n2c(C)nnc2SCC(=O)Nc2ncc(C(F)(F)F)cc2Cl)cc1. The van der Waals surface area contributed by atoms with Gasteiger partial charge in [-0.15, -0.1) is 10.2 Å². The molecule has 0 bridgehead atoms. The average Bonchev–Trinajstić information content (AvgIpc) is 3.02. The van der Waals surface area contributed by atoms with E-state index in [1.165, 1.54) is 0 Å². The Hall–Kier alpha value is -2.59. The zero-order valence-electron chi connectivity index (χ0n) is 15.3. The van der Waals surface area contributed by atoms with Crippen molar-refractivity contribution in [1.29, 1.82) is 0 Å². The van der Waals surface area contributed by atoms with Crippen LogP contribution >= 0.6 is 23.4 Å². The lowest BCUT2D eigenvalue weighted by Gasteiger charge is -2.10. The van der Waals surface area contributed by atoms with E-state index in [0.29, 0.717) is 23.2 Å². The molecule has 11 heteroatoms. The molecule has 0 aliphatic rings. The first-order valence-electron chi connectivity index (χ1n) is 8.29. The fourth-order valence-electron chi connectivity index (χ4n) is 2.41. The van der Waals surface area contributed by atoms with Crippen LogP contribution in [0.15, 0.2) is 41.7 Å². The van der Waals surface area contributed by atoms with E-state index < -0.39 is 17.6 Å². The molecule has 0 unspecified atom stereocenters. The van der Waals surface area contributed by atoms with Gasteiger partial charge in [0, 0.05) is 11.9 Å². The van der Waals surface area contributed by atoms with Gasteiger partial charge in [0.15, 0.2) is 11.0 Å². The van der Waals surface area contributed by atoms with Crippen LogP contribution in [0.3, 0.4) is 0 Å². The molecular formula is C18H15ClF3N5OS. The number of nitrogens with zero attached hydrogens (tertiary/aromatic N) is 4. The molecule has 3 rings (SSSR count). The Bertz CT molecular complexity index is 1040. The van der Waals surface area contributed by atoms with Crippen LogP contribution in [-0.4, -0.2) is 31.4 Å². The number of aromatic nitrogens is 4. The minimum atomic E-state index is -4.56. The molecule has 2 heterocycles. The van der Waals surface area contributed by atoms with Crippen molar-refractivity contribution in [3.63, 3.8) is 0 Å². The van der Waals surface area contributed by atoms with Crippen molar-refractivity contribution in [2.75, 3.05) is 11.1 Å². The fourth-order valence-corrected chi connectivity index (χ4v) is 3.42. The smallest absolute Gasteiger partial charge is 0.309 e. The van der Waals surface area contributed by atoms with Gasteiger partial charge in [-0.1, -0.05) is 41.1 Å². The van der Waals surface area contributed by atoms with Gasteiger partial charge in [0.2, 0.25) is 5.91 Å². The lowest BCUT2D eigenvalue weighted by atomic mass is 10.2. The van der Waals surface area contributed by atoms with Gasteiger partial charge in [-0.25, -0.2) is 4.98 Å². The Kier molecular flexibility index (Phi) is 6.13. The molecule has 0 atom stereocenters. The number of halogens is 4. The average molecular weight is 442 g/mol. The number of hydrogen-bond donors (Lipinski definition) is 1. The molecule has 0 aliphatic heterocycles. The topological polar surface area (TPSA) is 72.7 Å². The van der Waals surface area contributed by atoms with Crippen molar-refractivity contribution in [2.24, 2.45) is 0 Å². The highest BCUT2D eigenvalue weighted by Crippen LogP contribution is 2.32. The van der Waals surface area contributed by atoms with Gasteiger partial charge in [-0.2, -0.15) is 13.2 Å². The monoisotopic (exact) mass is 441 g/mol. The van der Waals surface area contributed by atoms with Gasteiger partial charge >= 0.3 is 6.18 Å². The highest BCUT2D eigenvalue weighted by atomic mass is 35.5. The van der Waals surface area contributed by atoms with Gasteiger partial charge in [-0.05, 0) is 32.0 Å². The summed E-state index contributed by atoms with van der Waals surface area (Å²) >= 11 is 6.94. The van der Waals surface area contributed by atoms with Gasteiger partial charge in [0.25, 0.3) is 0 Å². The third-order valence-corrected chi connectivity index (χ3v) is 5.06. The number of alkyl halides is 3. The first-order chi connectivity index (χ1) is 13.6. The summed E-state index contributed by atoms with van der Waals surface area (Å²) in [5, 5.41) is 10.7. The Balaban J connectivity index is 1.69. The summed E-state index contributed by atoms with van der Waals surface area (Å²) in [5.41, 5.74) is 0.971. The van der Waals surface area contributed by atoms with Crippen LogP contribution in [0.5, 0.6) is 0 Å². The van der Waals surface area contributed by atoms with Crippen LogP contribution in [0.2, 0.25) is 5.02 Å². The summed E-state index contributed by atoms with van der Waals surface area (Å²) in [7, 11) is 0. The number of nitrogens with one attached hydrogen (secondary N) is 1. The number of anilines is 1. The molecule has 0 saturated carbocycles. The zero-order valence-corrected chi connectivity index (χ0v) is 16.9. The summed E-state index contributed by atoms with van der Waals surface area (Å²) in [6, 6.07) is 8.46. The molecule has 0 aliphatic carbocycles. The summed E-state index contributed by atoms with van der Waals surface area (Å²) in [6.45, 7) is 3.77. The van der Waals surface area contributed by atoms with E-state index in [2.05, 4.69) is 20.5 Å². The van der Waals surface area contributed by atoms with Gasteiger partial charge < -0.3 is 5.32 Å². The lowest BCUT2D eigenvalue weighted by Crippen LogP contribution is -2.16. The number of amides is 1. The quantitative estimate of drug-likeness (QED) is 0.582. The summed E-state index contributed by atoms with van der Waals surface area (Å²) in [4.78, 5) is 15.8. The van der Waals surface area contributed by atoms with E-state index in [9.17, 15) is 18.0 Å². The molecule has 1 aromatic carbocycles. The molecular weight excluding hydrogens is 427 g/mol. The summed E-state index contributed by atoms with van der Waals surface area (Å²) in [5.74, 6) is -0.0193. The summed E-state index contributed by atoms with van der Waals surface area (Å²) in [6.07, 6.45) is -3.95. The van der Waals surface area contributed by atoms with Gasteiger partial charge in [0.05, 0.1) is 16.3 Å². The Morgan fingerprint density at radius 3 is 2.52 bits per heavy atom. The lowest BCUT2D eigenvalue weighted by molar-refractivity contribution is -0.137. The largest absolute Gasteiger partial charge is 0.417 e. The third-order valence-electron chi connectivity index (χ3n) is 3.85. The van der Waals surface area contributed by atoms with Gasteiger partial charge in [0.1, 0.15) is 5.82 Å². The summed E-state index contributed by atoms with van der Waals surface area (Å²) < 4.78 is 39.8. The predicted octanol–water partition coefficient (Wildman–Crippen LogP) is 4.68. The fraction of sp³-hybridized carbons (Fsp3) is 0.222. The standard InChI is InChI=1S/C18H15ClF3N5OS/c1-10-3-5-13(6-4-10)27-11(2)25-26-17(27)29-9-15(28)24-16-14(19)7-12(8-23-16)18(20,21)22/h3-8H,9H2,1-2H3,(H,23,24,28). The first-order valence-corrected chi connectivity index (χ1v) is 9.66. The number of hydrogen-bond acceptors (Lipinski definition) is 5. The van der Waals surface area contributed by atoms with E-state index in [4.69, 9.17) is 11.6 Å². The number of carbonyl (C=O) groups excluding carboxylic acids is 1. The van der Waals surface area contributed by atoms with Crippen LogP contribution in [0.4, 0.5) is 19.0 Å². The molecule has 152 valence electrons. The number of aryl methyl sites for hydroxylation is 2. The zero-order chi connectivity index (χ0) is 21.2. The second-order valence-electron chi connectivity index (χ2n) is 6.09. The first kappa shape index (κ1) is 21.1. The maximum atomic E-state index is 12.7. The molecule has 0 fully saturated rings.